The van der Waals surface area contributed by atoms with Gasteiger partial charge >= 0.3 is 0 Å². The van der Waals surface area contributed by atoms with E-state index >= 15 is 0 Å². The van der Waals surface area contributed by atoms with Crippen molar-refractivity contribution in [1.29, 1.82) is 0 Å². The predicted molar refractivity (Wildman–Crippen MR) is 57.3 cm³/mol. The van der Waals surface area contributed by atoms with Gasteiger partial charge in [-0.15, -0.1) is 37.2 Å². The summed E-state index contributed by atoms with van der Waals surface area (Å²) in [5.74, 6) is 0. The topological polar surface area (TPSA) is 20.2 Å². The minimum Gasteiger partial charge on any atom is -0.400 e. The molecule has 0 aromatic rings. The first-order valence-electron chi connectivity index (χ1n) is 3.26. The summed E-state index contributed by atoms with van der Waals surface area (Å²) in [6, 6.07) is 0. The molecule has 0 atom stereocenters. The van der Waals surface area contributed by atoms with Gasteiger partial charge in [-0.05, 0) is 0 Å². The molecule has 1 fully saturated rings. The third-order valence-electron chi connectivity index (χ3n) is 1.32. The molecular weight excluding hydrogens is 254 g/mol. The normalized spacial score (nSPS) is 12.5. The van der Waals surface area contributed by atoms with Crippen molar-refractivity contribution >= 4 is 37.2 Å². The van der Waals surface area contributed by atoms with Gasteiger partial charge in [-0.3, -0.25) is 0 Å². The molecule has 1 rings (SSSR count). The molecule has 1 aliphatic rings. The third kappa shape index (κ3) is 22.6. The van der Waals surface area contributed by atoms with Crippen molar-refractivity contribution < 1.29 is 26.8 Å². The van der Waals surface area contributed by atoms with Gasteiger partial charge in [0.2, 0.25) is 0 Å². The van der Waals surface area contributed by atoms with Crippen LogP contribution in [0.25, 0.3) is 0 Å². The van der Waals surface area contributed by atoms with E-state index in [2.05, 4.69) is 6.42 Å². The van der Waals surface area contributed by atoms with Crippen molar-refractivity contribution in [3.05, 3.63) is 6.42 Å². The smallest absolute Gasteiger partial charge is 0.0319 e. The Hall–Kier alpha value is 1.54. The van der Waals surface area contributed by atoms with Crippen molar-refractivity contribution in [2.75, 3.05) is 7.11 Å². The van der Waals surface area contributed by atoms with Crippen LogP contribution in [0.15, 0.2) is 0 Å². The second kappa shape index (κ2) is 29.4. The van der Waals surface area contributed by atoms with Crippen LogP contribution in [-0.4, -0.2) is 12.2 Å². The monoisotopic (exact) mass is 271 g/mol. The van der Waals surface area contributed by atoms with Gasteiger partial charge in [0.05, 0.1) is 0 Å². The van der Waals surface area contributed by atoms with Crippen molar-refractivity contribution in [2.45, 2.75) is 32.1 Å². The maximum Gasteiger partial charge on any atom is 0.0319 e. The SMILES string of the molecule is CO.Cl.Cl.Cl.[CH-]1CCCCC1.[Ti]. The summed E-state index contributed by atoms with van der Waals surface area (Å²) >= 11 is 0. The molecule has 0 aromatic carbocycles. The van der Waals surface area contributed by atoms with Gasteiger partial charge in [0, 0.05) is 28.8 Å². The number of aliphatic hydroxyl groups is 1. The zero-order chi connectivity index (χ0) is 6.24. The van der Waals surface area contributed by atoms with Gasteiger partial charge < -0.3 is 11.5 Å². The van der Waals surface area contributed by atoms with E-state index in [0.29, 0.717) is 0 Å². The average Bonchev–Trinajstić information content (AvgIpc) is 1.96. The average molecular weight is 272 g/mol. The number of rotatable bonds is 0. The predicted octanol–water partition coefficient (Wildman–Crippen LogP) is 3.03. The Morgan fingerprint density at radius 2 is 1.17 bits per heavy atom. The molecule has 78 valence electrons. The van der Waals surface area contributed by atoms with E-state index < -0.39 is 0 Å². The van der Waals surface area contributed by atoms with Crippen LogP contribution in [0, 0.1) is 6.42 Å². The van der Waals surface area contributed by atoms with Crippen molar-refractivity contribution in [3.8, 4) is 0 Å². The van der Waals surface area contributed by atoms with Gasteiger partial charge in [-0.2, -0.15) is 12.8 Å². The van der Waals surface area contributed by atoms with Crippen LogP contribution in [0.3, 0.4) is 0 Å². The van der Waals surface area contributed by atoms with E-state index in [4.69, 9.17) is 5.11 Å². The molecule has 0 amide bonds. The standard InChI is InChI=1S/C6H11.CH4O.3ClH.Ti/c1-2-4-6-5-3-1;1-2;;;;/h1H,2-6H2;2H,1H3;3*1H;/q-1;;;;;. The van der Waals surface area contributed by atoms with E-state index in [0.717, 1.165) is 7.11 Å². The molecule has 0 unspecified atom stereocenters. The molecule has 12 heavy (non-hydrogen) atoms. The summed E-state index contributed by atoms with van der Waals surface area (Å²) < 4.78 is 0. The molecule has 1 aliphatic carbocycles. The van der Waals surface area contributed by atoms with Crippen molar-refractivity contribution in [2.24, 2.45) is 0 Å². The molecule has 1 nitrogen and oxygen atoms in total. The third-order valence-corrected chi connectivity index (χ3v) is 1.32. The number of hydrogen-bond donors (Lipinski definition) is 1. The van der Waals surface area contributed by atoms with Gasteiger partial charge in [-0.25, -0.2) is 0 Å². The van der Waals surface area contributed by atoms with E-state index in [1.165, 1.54) is 32.1 Å². The first-order valence-corrected chi connectivity index (χ1v) is 3.26. The van der Waals surface area contributed by atoms with Crippen molar-refractivity contribution in [3.63, 3.8) is 0 Å². The summed E-state index contributed by atoms with van der Waals surface area (Å²) in [7, 11) is 1.00. The minimum absolute atomic E-state index is 0. The fourth-order valence-corrected chi connectivity index (χ4v) is 0.898. The van der Waals surface area contributed by atoms with Crippen LogP contribution in [-0.2, 0) is 21.7 Å². The summed E-state index contributed by atoms with van der Waals surface area (Å²) in [5, 5.41) is 7.00. The number of halogens is 3. The van der Waals surface area contributed by atoms with E-state index in [1.807, 2.05) is 0 Å². The summed E-state index contributed by atoms with van der Waals surface area (Å²) in [6.07, 6.45) is 9.50. The second-order valence-corrected chi connectivity index (χ2v) is 1.93. The quantitative estimate of drug-likeness (QED) is 0.531. The van der Waals surface area contributed by atoms with Crippen LogP contribution >= 0.6 is 37.2 Å². The van der Waals surface area contributed by atoms with Gasteiger partial charge in [-0.1, -0.05) is 19.3 Å². The molecule has 0 aliphatic heterocycles. The number of aliphatic hydroxyl groups excluding tert-OH is 1. The summed E-state index contributed by atoms with van der Waals surface area (Å²) in [4.78, 5) is 0. The van der Waals surface area contributed by atoms with Crippen LogP contribution < -0.4 is 0 Å². The Bertz CT molecular complexity index is 34.1. The largest absolute Gasteiger partial charge is 0.400 e. The molecule has 0 heterocycles. The zero-order valence-corrected chi connectivity index (χ0v) is 11.3. The minimum atomic E-state index is 0. The molecule has 0 aromatic heterocycles. The van der Waals surface area contributed by atoms with Crippen LogP contribution in [0.1, 0.15) is 32.1 Å². The molecule has 1 saturated carbocycles. The molecule has 0 bridgehead atoms. The molecule has 0 saturated heterocycles. The molecule has 0 spiro atoms. The van der Waals surface area contributed by atoms with E-state index in [-0.39, 0.29) is 58.9 Å². The van der Waals surface area contributed by atoms with E-state index in [9.17, 15) is 0 Å². The zero-order valence-electron chi connectivity index (χ0n) is 7.28. The number of hydrogen-bond acceptors (Lipinski definition) is 1. The van der Waals surface area contributed by atoms with E-state index in [1.54, 1.807) is 0 Å². The summed E-state index contributed by atoms with van der Waals surface area (Å²) in [6.45, 7) is 0. The molecule has 5 heteroatoms. The first-order chi connectivity index (χ1) is 4.00. The molecule has 1 N–H and O–H groups in total. The van der Waals surface area contributed by atoms with Crippen molar-refractivity contribution in [1.82, 2.24) is 0 Å². The first kappa shape index (κ1) is 29.2. The van der Waals surface area contributed by atoms with Gasteiger partial charge in [0.25, 0.3) is 0 Å². The molecular formula is C7H18Cl3OTi-. The maximum absolute atomic E-state index is 7.00. The van der Waals surface area contributed by atoms with Crippen LogP contribution in [0.5, 0.6) is 0 Å². The Labute approximate surface area is 109 Å². The molecule has 0 radical (unpaired) electrons. The second-order valence-electron chi connectivity index (χ2n) is 1.93. The Morgan fingerprint density at radius 1 is 0.833 bits per heavy atom. The maximum atomic E-state index is 7.00. The Morgan fingerprint density at radius 3 is 1.25 bits per heavy atom. The fourth-order valence-electron chi connectivity index (χ4n) is 0.898. The van der Waals surface area contributed by atoms with Gasteiger partial charge in [0.15, 0.2) is 0 Å². The van der Waals surface area contributed by atoms with Gasteiger partial charge in [0.1, 0.15) is 0 Å². The summed E-state index contributed by atoms with van der Waals surface area (Å²) in [5.41, 5.74) is 0. The Kier molecular flexibility index (Phi) is 71.5. The van der Waals surface area contributed by atoms with Crippen LogP contribution in [0.4, 0.5) is 0 Å². The fraction of sp³-hybridized carbons (Fsp3) is 0.857. The van der Waals surface area contributed by atoms with Crippen LogP contribution in [0.2, 0.25) is 0 Å². The Balaban J connectivity index is -0.0000000257.